The summed E-state index contributed by atoms with van der Waals surface area (Å²) in [5.41, 5.74) is 2.13. The number of rotatable bonds is 11. The minimum absolute atomic E-state index is 0.00833. The number of halogens is 4. The zero-order chi connectivity index (χ0) is 26.1. The van der Waals surface area contributed by atoms with E-state index in [0.29, 0.717) is 44.2 Å². The molecule has 1 atom stereocenters. The Morgan fingerprint density at radius 2 is 1.58 bits per heavy atom. The lowest BCUT2D eigenvalue weighted by Gasteiger charge is -2.32. The molecule has 0 saturated carbocycles. The minimum Gasteiger partial charge on any atom is -0.354 e. The third kappa shape index (κ3) is 7.88. The van der Waals surface area contributed by atoms with Crippen LogP contribution in [0.3, 0.4) is 0 Å². The van der Waals surface area contributed by atoms with Crippen LogP contribution < -0.4 is 5.32 Å². The number of nitrogens with zero attached hydrogens (tertiary/aromatic N) is 1. The Morgan fingerprint density at radius 3 is 2.22 bits per heavy atom. The standard InChI is InChI=1S/C28H28Cl4N2O2/c1-2-3-14-33-28(36)26(15-19-8-5-4-6-9-19)34(18-22-23(30)10-7-11-24(22)31)27(35)16-20-12-13-21(29)17-25(20)32/h4-13,17,26H,2-3,14-16,18H2,1H3,(H,33,36)/t26-/m1/s1. The Labute approximate surface area is 232 Å². The van der Waals surface area contributed by atoms with Crippen LogP contribution in [0.2, 0.25) is 20.1 Å². The fourth-order valence-corrected chi connectivity index (χ4v) is 4.84. The number of amides is 2. The molecule has 190 valence electrons. The van der Waals surface area contributed by atoms with E-state index in [1.807, 2.05) is 30.3 Å². The molecule has 8 heteroatoms. The van der Waals surface area contributed by atoms with Crippen LogP contribution in [0.15, 0.2) is 66.7 Å². The van der Waals surface area contributed by atoms with Crippen molar-refractivity contribution in [1.29, 1.82) is 0 Å². The van der Waals surface area contributed by atoms with Crippen molar-refractivity contribution in [2.45, 2.75) is 45.2 Å². The maximum absolute atomic E-state index is 13.8. The van der Waals surface area contributed by atoms with E-state index in [0.717, 1.165) is 18.4 Å². The molecule has 0 fully saturated rings. The van der Waals surface area contributed by atoms with Gasteiger partial charge in [-0.15, -0.1) is 0 Å². The lowest BCUT2D eigenvalue weighted by molar-refractivity contribution is -0.140. The van der Waals surface area contributed by atoms with Crippen LogP contribution in [-0.4, -0.2) is 29.3 Å². The van der Waals surface area contributed by atoms with Gasteiger partial charge in [-0.2, -0.15) is 0 Å². The molecule has 0 bridgehead atoms. The summed E-state index contributed by atoms with van der Waals surface area (Å²) >= 11 is 25.3. The highest BCUT2D eigenvalue weighted by molar-refractivity contribution is 6.36. The van der Waals surface area contributed by atoms with Gasteiger partial charge in [0.2, 0.25) is 11.8 Å². The first-order valence-corrected chi connectivity index (χ1v) is 13.3. The summed E-state index contributed by atoms with van der Waals surface area (Å²) in [5, 5.41) is 4.71. The van der Waals surface area contributed by atoms with Crippen LogP contribution in [-0.2, 0) is 29.0 Å². The first-order chi connectivity index (χ1) is 17.3. The summed E-state index contributed by atoms with van der Waals surface area (Å²) in [4.78, 5) is 28.8. The Hall–Kier alpha value is -2.24. The molecule has 3 aromatic rings. The maximum Gasteiger partial charge on any atom is 0.243 e. The molecule has 0 aliphatic rings. The van der Waals surface area contributed by atoms with E-state index in [1.165, 1.54) is 0 Å². The van der Waals surface area contributed by atoms with E-state index in [9.17, 15) is 9.59 Å². The molecule has 0 unspecified atom stereocenters. The van der Waals surface area contributed by atoms with Crippen molar-refractivity contribution >= 4 is 58.2 Å². The fourth-order valence-electron chi connectivity index (χ4n) is 3.84. The molecule has 3 rings (SSSR count). The molecule has 0 heterocycles. The smallest absolute Gasteiger partial charge is 0.243 e. The average Bonchev–Trinajstić information content (AvgIpc) is 2.85. The lowest BCUT2D eigenvalue weighted by atomic mass is 10.0. The third-order valence-corrected chi connectivity index (χ3v) is 7.14. The second kappa shape index (κ2) is 13.9. The van der Waals surface area contributed by atoms with Gasteiger partial charge in [-0.1, -0.05) is 102 Å². The molecule has 0 radical (unpaired) electrons. The van der Waals surface area contributed by atoms with Gasteiger partial charge in [-0.05, 0) is 41.8 Å². The summed E-state index contributed by atoms with van der Waals surface area (Å²) in [6, 6.07) is 19.0. The van der Waals surface area contributed by atoms with Gasteiger partial charge in [0.15, 0.2) is 0 Å². The van der Waals surface area contributed by atoms with Crippen molar-refractivity contribution in [3.05, 3.63) is 104 Å². The van der Waals surface area contributed by atoms with Crippen molar-refractivity contribution in [3.63, 3.8) is 0 Å². The van der Waals surface area contributed by atoms with Crippen molar-refractivity contribution in [1.82, 2.24) is 10.2 Å². The molecule has 0 aliphatic carbocycles. The topological polar surface area (TPSA) is 49.4 Å². The molecule has 0 spiro atoms. The number of benzene rings is 3. The Balaban J connectivity index is 2.01. The second-order valence-electron chi connectivity index (χ2n) is 8.48. The van der Waals surface area contributed by atoms with Crippen LogP contribution in [0.25, 0.3) is 0 Å². The number of unbranched alkanes of at least 4 members (excludes halogenated alkanes) is 1. The highest BCUT2D eigenvalue weighted by atomic mass is 35.5. The molecular weight excluding hydrogens is 538 g/mol. The number of hydrogen-bond acceptors (Lipinski definition) is 2. The zero-order valence-corrected chi connectivity index (χ0v) is 23.0. The summed E-state index contributed by atoms with van der Waals surface area (Å²) in [6.45, 7) is 2.65. The van der Waals surface area contributed by atoms with E-state index in [1.54, 1.807) is 41.3 Å². The normalized spacial score (nSPS) is 11.7. The SMILES string of the molecule is CCCCNC(=O)[C@@H](Cc1ccccc1)N(Cc1c(Cl)cccc1Cl)C(=O)Cc1ccc(Cl)cc1Cl. The first kappa shape index (κ1) is 28.3. The largest absolute Gasteiger partial charge is 0.354 e. The van der Waals surface area contributed by atoms with Gasteiger partial charge in [-0.25, -0.2) is 0 Å². The second-order valence-corrected chi connectivity index (χ2v) is 10.1. The minimum atomic E-state index is -0.782. The van der Waals surface area contributed by atoms with E-state index < -0.39 is 6.04 Å². The number of hydrogen-bond donors (Lipinski definition) is 1. The van der Waals surface area contributed by atoms with Gasteiger partial charge in [0.1, 0.15) is 6.04 Å². The Morgan fingerprint density at radius 1 is 0.889 bits per heavy atom. The summed E-state index contributed by atoms with van der Waals surface area (Å²) < 4.78 is 0. The van der Waals surface area contributed by atoms with Crippen LogP contribution in [0.4, 0.5) is 0 Å². The molecule has 0 saturated heterocycles. The van der Waals surface area contributed by atoms with Crippen molar-refractivity contribution in [3.8, 4) is 0 Å². The van der Waals surface area contributed by atoms with Gasteiger partial charge < -0.3 is 10.2 Å². The molecular formula is C28H28Cl4N2O2. The van der Waals surface area contributed by atoms with E-state index in [4.69, 9.17) is 46.4 Å². The van der Waals surface area contributed by atoms with Crippen molar-refractivity contribution in [2.75, 3.05) is 6.54 Å². The molecule has 2 amide bonds. The quantitative estimate of drug-likeness (QED) is 0.246. The van der Waals surface area contributed by atoms with Crippen LogP contribution in [0, 0.1) is 0 Å². The average molecular weight is 566 g/mol. The highest BCUT2D eigenvalue weighted by Crippen LogP contribution is 2.28. The van der Waals surface area contributed by atoms with Gasteiger partial charge in [0.05, 0.1) is 6.42 Å². The predicted molar refractivity (Wildman–Crippen MR) is 149 cm³/mol. The molecule has 1 N–H and O–H groups in total. The number of carbonyl (C=O) groups excluding carboxylic acids is 2. The van der Waals surface area contributed by atoms with Gasteiger partial charge in [0, 0.05) is 45.2 Å². The highest BCUT2D eigenvalue weighted by Gasteiger charge is 2.31. The van der Waals surface area contributed by atoms with E-state index in [2.05, 4.69) is 12.2 Å². The number of nitrogens with one attached hydrogen (secondary N) is 1. The van der Waals surface area contributed by atoms with Crippen molar-refractivity contribution < 1.29 is 9.59 Å². The monoisotopic (exact) mass is 564 g/mol. The third-order valence-electron chi connectivity index (χ3n) is 5.85. The van der Waals surface area contributed by atoms with E-state index in [-0.39, 0.29) is 24.8 Å². The predicted octanol–water partition coefficient (Wildman–Crippen LogP) is 7.40. The first-order valence-electron chi connectivity index (χ1n) is 11.8. The zero-order valence-electron chi connectivity index (χ0n) is 19.9. The Kier molecular flexibility index (Phi) is 10.9. The molecule has 0 aromatic heterocycles. The fraction of sp³-hybridized carbons (Fsp3) is 0.286. The van der Waals surface area contributed by atoms with Gasteiger partial charge in [0.25, 0.3) is 0 Å². The van der Waals surface area contributed by atoms with Crippen LogP contribution >= 0.6 is 46.4 Å². The molecule has 36 heavy (non-hydrogen) atoms. The number of carbonyl (C=O) groups is 2. The lowest BCUT2D eigenvalue weighted by Crippen LogP contribution is -2.51. The van der Waals surface area contributed by atoms with Crippen molar-refractivity contribution in [2.24, 2.45) is 0 Å². The summed E-state index contributed by atoms with van der Waals surface area (Å²) in [6.07, 6.45) is 2.11. The summed E-state index contributed by atoms with van der Waals surface area (Å²) in [7, 11) is 0. The summed E-state index contributed by atoms with van der Waals surface area (Å²) in [5.74, 6) is -0.507. The Bertz CT molecular complexity index is 1170. The molecule has 0 aliphatic heterocycles. The van der Waals surface area contributed by atoms with Gasteiger partial charge in [-0.3, -0.25) is 9.59 Å². The van der Waals surface area contributed by atoms with Crippen LogP contribution in [0.1, 0.15) is 36.5 Å². The van der Waals surface area contributed by atoms with Crippen LogP contribution in [0.5, 0.6) is 0 Å². The molecule has 4 nitrogen and oxygen atoms in total. The molecule has 3 aromatic carbocycles. The van der Waals surface area contributed by atoms with E-state index >= 15 is 0 Å². The van der Waals surface area contributed by atoms with Gasteiger partial charge >= 0.3 is 0 Å². The maximum atomic E-state index is 13.8.